The van der Waals surface area contributed by atoms with Gasteiger partial charge in [0.2, 0.25) is 5.91 Å². The Bertz CT molecular complexity index is 1460. The number of aromatic nitrogens is 5. The molecule has 4 heterocycles. The van der Waals surface area contributed by atoms with Crippen molar-refractivity contribution in [2.45, 2.75) is 32.1 Å². The molecule has 0 spiro atoms. The van der Waals surface area contributed by atoms with Crippen LogP contribution >= 0.6 is 0 Å². The van der Waals surface area contributed by atoms with Crippen LogP contribution in [0.3, 0.4) is 0 Å². The highest BCUT2D eigenvalue weighted by molar-refractivity contribution is 6.16. The number of carbonyl (C=O) groups is 2. The summed E-state index contributed by atoms with van der Waals surface area (Å²) in [5.41, 5.74) is -1.51. The third-order valence-corrected chi connectivity index (χ3v) is 5.50. The molecule has 4 aromatic rings. The van der Waals surface area contributed by atoms with E-state index in [1.165, 1.54) is 35.4 Å². The van der Waals surface area contributed by atoms with Crippen LogP contribution in [0.25, 0.3) is 10.9 Å². The van der Waals surface area contributed by atoms with E-state index in [-0.39, 0.29) is 34.3 Å². The minimum atomic E-state index is -4.58. The fourth-order valence-corrected chi connectivity index (χ4v) is 3.60. The van der Waals surface area contributed by atoms with Crippen molar-refractivity contribution in [3.63, 3.8) is 0 Å². The summed E-state index contributed by atoms with van der Waals surface area (Å²) in [4.78, 5) is 33.4. The number of pyridine rings is 2. The number of halogens is 4. The lowest BCUT2D eigenvalue weighted by atomic mass is 10.0. The van der Waals surface area contributed by atoms with Gasteiger partial charge in [0.25, 0.3) is 0 Å². The predicted molar refractivity (Wildman–Crippen MR) is 120 cm³/mol. The number of aliphatic hydroxyl groups excluding tert-OH is 1. The van der Waals surface area contributed by atoms with E-state index in [1.54, 1.807) is 13.8 Å². The molecule has 0 aliphatic heterocycles. The molecular formula is C23H20F4N6O3. The average Bonchev–Trinajstić information content (AvgIpc) is 3.45. The number of hydrogen-bond donors (Lipinski definition) is 2. The van der Waals surface area contributed by atoms with Crippen molar-refractivity contribution in [3.05, 3.63) is 72.0 Å². The van der Waals surface area contributed by atoms with E-state index < -0.39 is 41.3 Å². The number of alkyl halides is 3. The molecule has 36 heavy (non-hydrogen) atoms. The van der Waals surface area contributed by atoms with Gasteiger partial charge < -0.3 is 15.0 Å². The number of nitrogens with one attached hydrogen (secondary N) is 1. The van der Waals surface area contributed by atoms with Gasteiger partial charge in [0.15, 0.2) is 11.6 Å². The second-order valence-electron chi connectivity index (χ2n) is 8.66. The van der Waals surface area contributed by atoms with Crippen molar-refractivity contribution in [3.8, 4) is 0 Å². The number of ketones is 1. The average molecular weight is 504 g/mol. The zero-order valence-corrected chi connectivity index (χ0v) is 19.0. The van der Waals surface area contributed by atoms with Gasteiger partial charge in [-0.3, -0.25) is 24.2 Å². The van der Waals surface area contributed by atoms with Gasteiger partial charge in [-0.05, 0) is 19.9 Å². The number of anilines is 1. The largest absolute Gasteiger partial charge is 0.419 e. The molecule has 9 nitrogen and oxygen atoms in total. The van der Waals surface area contributed by atoms with Crippen LogP contribution < -0.4 is 5.32 Å². The number of amides is 1. The molecule has 0 aliphatic carbocycles. The first-order valence-electron chi connectivity index (χ1n) is 10.6. The number of nitrogens with zero attached hydrogens (tertiary/aromatic N) is 5. The van der Waals surface area contributed by atoms with Crippen molar-refractivity contribution in [2.75, 3.05) is 11.9 Å². The van der Waals surface area contributed by atoms with Crippen LogP contribution in [-0.2, 0) is 23.1 Å². The number of hydrogen-bond acceptors (Lipinski definition) is 6. The first-order chi connectivity index (χ1) is 16.9. The number of aliphatic hydroxyl groups is 1. The maximum atomic E-state index is 14.6. The molecule has 0 fully saturated rings. The van der Waals surface area contributed by atoms with Crippen LogP contribution in [0.15, 0.2) is 49.4 Å². The number of fused-ring (bicyclic) bond motifs is 1. The highest BCUT2D eigenvalue weighted by Crippen LogP contribution is 2.31. The first-order valence-corrected chi connectivity index (χ1v) is 10.6. The summed E-state index contributed by atoms with van der Waals surface area (Å²) in [6, 6.07) is 1.34. The Kier molecular flexibility index (Phi) is 6.35. The van der Waals surface area contributed by atoms with Crippen molar-refractivity contribution >= 4 is 28.3 Å². The fraction of sp³-hybridized carbons (Fsp3) is 0.261. The summed E-state index contributed by atoms with van der Waals surface area (Å²) in [6.45, 7) is 2.53. The molecule has 188 valence electrons. The van der Waals surface area contributed by atoms with E-state index in [0.717, 1.165) is 10.9 Å². The Balaban J connectivity index is 1.59. The molecule has 0 saturated heterocycles. The minimum absolute atomic E-state index is 0.0661. The molecule has 4 rings (SSSR count). The Morgan fingerprint density at radius 3 is 2.44 bits per heavy atom. The molecule has 0 unspecified atom stereocenters. The summed E-state index contributed by atoms with van der Waals surface area (Å²) in [5, 5.41) is 16.0. The fourth-order valence-electron chi connectivity index (χ4n) is 3.60. The summed E-state index contributed by atoms with van der Waals surface area (Å²) < 4.78 is 55.1. The smallest absolute Gasteiger partial charge is 0.394 e. The SMILES string of the molecule is CC(C)(CO)n1cc(C(=O)c2cncc(NC(=O)Cn3cc(C(F)(F)F)cn3)c2)c2cncc(F)c21. The highest BCUT2D eigenvalue weighted by atomic mass is 19.4. The van der Waals surface area contributed by atoms with Gasteiger partial charge in [-0.1, -0.05) is 0 Å². The molecule has 4 aromatic heterocycles. The van der Waals surface area contributed by atoms with Gasteiger partial charge in [0.1, 0.15) is 6.54 Å². The number of rotatable bonds is 7. The Morgan fingerprint density at radius 1 is 1.06 bits per heavy atom. The highest BCUT2D eigenvalue weighted by Gasteiger charge is 2.32. The summed E-state index contributed by atoms with van der Waals surface area (Å²) in [7, 11) is 0. The lowest BCUT2D eigenvalue weighted by Crippen LogP contribution is -2.30. The van der Waals surface area contributed by atoms with Crippen molar-refractivity contribution in [1.82, 2.24) is 24.3 Å². The van der Waals surface area contributed by atoms with Crippen molar-refractivity contribution < 1.29 is 32.3 Å². The van der Waals surface area contributed by atoms with Crippen LogP contribution in [0.1, 0.15) is 35.3 Å². The molecule has 0 atom stereocenters. The second-order valence-corrected chi connectivity index (χ2v) is 8.66. The predicted octanol–water partition coefficient (Wildman–Crippen LogP) is 3.38. The molecule has 0 bridgehead atoms. The molecular weight excluding hydrogens is 484 g/mol. The maximum Gasteiger partial charge on any atom is 0.419 e. The Hall–Kier alpha value is -4.13. The molecule has 2 N–H and O–H groups in total. The standard InChI is InChI=1S/C23H20F4N6O3/c1-22(2,12-34)33-10-17(16-7-29-8-18(24)20(16)33)21(36)13-3-15(6-28-4-13)31-19(35)11-32-9-14(5-30-32)23(25,26)27/h3-10,34H,11-12H2,1-2H3,(H,31,35). The Morgan fingerprint density at radius 2 is 1.78 bits per heavy atom. The third-order valence-electron chi connectivity index (χ3n) is 5.50. The summed E-state index contributed by atoms with van der Waals surface area (Å²) in [6.07, 6.45) is 3.03. The topological polar surface area (TPSA) is 115 Å². The van der Waals surface area contributed by atoms with E-state index in [9.17, 15) is 32.3 Å². The maximum absolute atomic E-state index is 14.6. The van der Waals surface area contributed by atoms with Crippen LogP contribution in [-0.4, -0.2) is 47.7 Å². The van der Waals surface area contributed by atoms with Crippen molar-refractivity contribution in [1.29, 1.82) is 0 Å². The van der Waals surface area contributed by atoms with Gasteiger partial charge in [0.05, 0.1) is 47.5 Å². The van der Waals surface area contributed by atoms with Gasteiger partial charge in [-0.2, -0.15) is 18.3 Å². The first kappa shape index (κ1) is 25.0. The number of carbonyl (C=O) groups excluding carboxylic acids is 2. The Labute approximate surface area is 201 Å². The zero-order valence-electron chi connectivity index (χ0n) is 19.0. The van der Waals surface area contributed by atoms with Crippen LogP contribution in [0.4, 0.5) is 23.2 Å². The van der Waals surface area contributed by atoms with E-state index >= 15 is 0 Å². The lowest BCUT2D eigenvalue weighted by Gasteiger charge is -2.25. The lowest BCUT2D eigenvalue weighted by molar-refractivity contribution is -0.137. The van der Waals surface area contributed by atoms with Gasteiger partial charge in [-0.25, -0.2) is 4.39 Å². The summed E-state index contributed by atoms with van der Waals surface area (Å²) >= 11 is 0. The quantitative estimate of drug-likeness (QED) is 0.295. The van der Waals surface area contributed by atoms with Crippen LogP contribution in [0.2, 0.25) is 0 Å². The monoisotopic (exact) mass is 504 g/mol. The molecule has 0 radical (unpaired) electrons. The van der Waals surface area contributed by atoms with Gasteiger partial charge in [-0.15, -0.1) is 0 Å². The third kappa shape index (κ3) is 4.82. The van der Waals surface area contributed by atoms with Crippen molar-refractivity contribution in [2.24, 2.45) is 0 Å². The van der Waals surface area contributed by atoms with Crippen LogP contribution in [0.5, 0.6) is 0 Å². The molecule has 0 saturated carbocycles. The van der Waals surface area contributed by atoms with Gasteiger partial charge in [0, 0.05) is 41.3 Å². The molecule has 0 aromatic carbocycles. The molecule has 0 aliphatic rings. The molecule has 13 heteroatoms. The normalized spacial score (nSPS) is 12.2. The van der Waals surface area contributed by atoms with Crippen LogP contribution in [0, 0.1) is 5.82 Å². The minimum Gasteiger partial charge on any atom is -0.394 e. The van der Waals surface area contributed by atoms with E-state index in [2.05, 4.69) is 20.4 Å². The zero-order chi connectivity index (χ0) is 26.3. The molecule has 1 amide bonds. The van der Waals surface area contributed by atoms with Gasteiger partial charge >= 0.3 is 6.18 Å². The van der Waals surface area contributed by atoms with E-state index in [0.29, 0.717) is 12.4 Å². The van der Waals surface area contributed by atoms with E-state index in [4.69, 9.17) is 0 Å². The van der Waals surface area contributed by atoms with E-state index in [1.807, 2.05) is 0 Å². The summed E-state index contributed by atoms with van der Waals surface area (Å²) in [5.74, 6) is -1.89. The second kappa shape index (κ2) is 9.15.